The van der Waals surface area contributed by atoms with Crippen molar-refractivity contribution < 1.29 is 18.4 Å². The highest BCUT2D eigenvalue weighted by Crippen LogP contribution is 2.18. The van der Waals surface area contributed by atoms with E-state index in [1.165, 1.54) is 12.1 Å². The fraction of sp³-hybridized carbons (Fsp3) is 0.176. The highest BCUT2D eigenvalue weighted by Gasteiger charge is 2.59. The van der Waals surface area contributed by atoms with Crippen LogP contribution in [-0.4, -0.2) is 30.6 Å². The maximum absolute atomic E-state index is 12.8. The first kappa shape index (κ1) is 18.8. The van der Waals surface area contributed by atoms with E-state index in [4.69, 9.17) is 28.9 Å². The maximum atomic E-state index is 12.8. The number of hydrogen-bond donors (Lipinski definition) is 4. The Morgan fingerprint density at radius 3 is 2.27 bits per heavy atom. The molecular formula is C17H18Cl2N4O2S+2. The van der Waals surface area contributed by atoms with Crippen LogP contribution in [0.5, 0.6) is 0 Å². The van der Waals surface area contributed by atoms with Crippen molar-refractivity contribution in [3.63, 3.8) is 0 Å². The third kappa shape index (κ3) is 3.48. The molecular weight excluding hydrogens is 395 g/mol. The van der Waals surface area contributed by atoms with Crippen molar-refractivity contribution >= 4 is 44.9 Å². The van der Waals surface area contributed by atoms with Gasteiger partial charge in [-0.2, -0.15) is 4.99 Å². The van der Waals surface area contributed by atoms with Crippen LogP contribution in [0, 0.1) is 6.92 Å². The lowest BCUT2D eigenvalue weighted by Gasteiger charge is -2.19. The summed E-state index contributed by atoms with van der Waals surface area (Å²) in [6.07, 6.45) is 0. The van der Waals surface area contributed by atoms with E-state index in [-0.39, 0.29) is 10.7 Å². The molecule has 1 aliphatic heterocycles. The van der Waals surface area contributed by atoms with Crippen LogP contribution < -0.4 is 20.4 Å². The minimum atomic E-state index is -3.94. The van der Waals surface area contributed by atoms with Gasteiger partial charge in [-0.05, 0) is 31.2 Å². The van der Waals surface area contributed by atoms with Crippen molar-refractivity contribution in [2.75, 3.05) is 0 Å². The van der Waals surface area contributed by atoms with E-state index in [1.54, 1.807) is 12.1 Å². The van der Waals surface area contributed by atoms with Crippen molar-refractivity contribution in [2.45, 2.75) is 22.3 Å². The summed E-state index contributed by atoms with van der Waals surface area (Å²) in [6, 6.07) is 15.6. The number of sulfonamides is 1. The van der Waals surface area contributed by atoms with E-state index in [0.717, 1.165) is 11.1 Å². The smallest absolute Gasteiger partial charge is 0.342 e. The molecule has 0 unspecified atom stereocenters. The standard InChI is InChI=1S/C17H16Cl2N4O2S/c1-11-7-9-13(10-8-11)26(24,25)23-17(15(18)19)16(20)21-14(22-17)12-5-3-2-4-6-12/h2-10,15,23H,1H3,(H2,20,21,22)/p+2/t17-/m0/s1. The molecule has 5 N–H and O–H groups in total. The molecule has 0 aromatic heterocycles. The molecule has 2 aromatic carbocycles. The molecule has 0 saturated carbocycles. The average molecular weight is 413 g/mol. The van der Waals surface area contributed by atoms with E-state index >= 15 is 0 Å². The zero-order chi connectivity index (χ0) is 18.9. The molecule has 0 fully saturated rings. The Labute approximate surface area is 161 Å². The molecule has 2 aromatic rings. The Morgan fingerprint density at radius 1 is 1.08 bits per heavy atom. The fourth-order valence-electron chi connectivity index (χ4n) is 2.56. The summed E-state index contributed by atoms with van der Waals surface area (Å²) in [6.45, 7) is 1.87. The van der Waals surface area contributed by atoms with Crippen molar-refractivity contribution in [1.29, 1.82) is 0 Å². The van der Waals surface area contributed by atoms with Crippen molar-refractivity contribution in [2.24, 2.45) is 5.73 Å². The zero-order valence-electron chi connectivity index (χ0n) is 13.8. The molecule has 0 aliphatic carbocycles. The molecule has 0 spiro atoms. The third-order valence-electron chi connectivity index (χ3n) is 4.02. The summed E-state index contributed by atoms with van der Waals surface area (Å²) in [5, 5.41) is 0. The van der Waals surface area contributed by atoms with Crippen LogP contribution in [0.15, 0.2) is 59.5 Å². The van der Waals surface area contributed by atoms with Gasteiger partial charge in [0.1, 0.15) is 5.56 Å². The normalized spacial score (nSPS) is 20.2. The minimum absolute atomic E-state index is 0.0574. The number of aryl methyl sites for hydroxylation is 1. The molecule has 1 aliphatic rings. The summed E-state index contributed by atoms with van der Waals surface area (Å²) in [7, 11) is -3.94. The van der Waals surface area contributed by atoms with Gasteiger partial charge in [0.05, 0.1) is 4.90 Å². The summed E-state index contributed by atoms with van der Waals surface area (Å²) in [5.74, 6) is 0.558. The van der Waals surface area contributed by atoms with Gasteiger partial charge in [-0.15, -0.1) is 9.71 Å². The van der Waals surface area contributed by atoms with Gasteiger partial charge in [-0.1, -0.05) is 59.1 Å². The van der Waals surface area contributed by atoms with E-state index in [9.17, 15) is 8.42 Å². The minimum Gasteiger partial charge on any atom is -0.342 e. The molecule has 1 heterocycles. The first-order chi connectivity index (χ1) is 12.2. The first-order valence-electron chi connectivity index (χ1n) is 7.74. The zero-order valence-corrected chi connectivity index (χ0v) is 16.2. The fourth-order valence-corrected chi connectivity index (χ4v) is 4.46. The molecule has 136 valence electrons. The predicted molar refractivity (Wildman–Crippen MR) is 101 cm³/mol. The molecule has 1 atom stereocenters. The number of alkyl halides is 2. The summed E-state index contributed by atoms with van der Waals surface area (Å²) in [5.41, 5.74) is 6.20. The lowest BCUT2D eigenvalue weighted by Crippen LogP contribution is -2.96. The van der Waals surface area contributed by atoms with Gasteiger partial charge in [0, 0.05) is 0 Å². The number of rotatable bonds is 5. The maximum Gasteiger partial charge on any atom is 0.446 e. The topological polar surface area (TPSA) is 100 Å². The Kier molecular flexibility index (Phi) is 5.07. The monoisotopic (exact) mass is 412 g/mol. The quantitative estimate of drug-likeness (QED) is 0.461. The molecule has 6 nitrogen and oxygen atoms in total. The van der Waals surface area contributed by atoms with E-state index in [0.29, 0.717) is 5.84 Å². The molecule has 26 heavy (non-hydrogen) atoms. The number of amidine groups is 2. The van der Waals surface area contributed by atoms with Crippen molar-refractivity contribution in [3.8, 4) is 0 Å². The molecule has 0 amide bonds. The Hall–Kier alpha value is -1.93. The largest absolute Gasteiger partial charge is 0.446 e. The molecule has 0 radical (unpaired) electrons. The average Bonchev–Trinajstić information content (AvgIpc) is 2.93. The third-order valence-corrected chi connectivity index (χ3v) is 6.16. The summed E-state index contributed by atoms with van der Waals surface area (Å²) >= 11 is 12.3. The lowest BCUT2D eigenvalue weighted by atomic mass is 10.2. The van der Waals surface area contributed by atoms with E-state index < -0.39 is 20.5 Å². The van der Waals surface area contributed by atoms with Crippen LogP contribution in [-0.2, 0) is 10.0 Å². The highest BCUT2D eigenvalue weighted by molar-refractivity contribution is 7.89. The van der Waals surface area contributed by atoms with Gasteiger partial charge in [-0.25, -0.2) is 8.42 Å². The Morgan fingerprint density at radius 2 is 1.69 bits per heavy atom. The summed E-state index contributed by atoms with van der Waals surface area (Å²) < 4.78 is 28.2. The first-order valence-corrected chi connectivity index (χ1v) is 10.1. The second-order valence-electron chi connectivity index (χ2n) is 5.93. The van der Waals surface area contributed by atoms with Crippen LogP contribution in [0.25, 0.3) is 0 Å². The van der Waals surface area contributed by atoms with Gasteiger partial charge in [0.2, 0.25) is 10.0 Å². The highest BCUT2D eigenvalue weighted by atomic mass is 35.5. The molecule has 0 bridgehead atoms. The van der Waals surface area contributed by atoms with Gasteiger partial charge in [0.25, 0.3) is 0 Å². The van der Waals surface area contributed by atoms with Crippen LogP contribution in [0.1, 0.15) is 11.1 Å². The Balaban J connectivity index is 2.03. The molecule has 3 rings (SSSR count). The van der Waals surface area contributed by atoms with E-state index in [1.807, 2.05) is 37.3 Å². The number of halogens is 2. The van der Waals surface area contributed by atoms with Gasteiger partial charge in [-0.3, -0.25) is 0 Å². The van der Waals surface area contributed by atoms with Crippen LogP contribution in [0.2, 0.25) is 0 Å². The number of hydrogen-bond acceptors (Lipinski definition) is 3. The summed E-state index contributed by atoms with van der Waals surface area (Å²) in [4.78, 5) is 4.81. The number of nitrogens with one attached hydrogen (secondary N) is 3. The van der Waals surface area contributed by atoms with Gasteiger partial charge >= 0.3 is 17.3 Å². The lowest BCUT2D eigenvalue weighted by molar-refractivity contribution is -0.542. The SMILES string of the molecule is Cc1ccc(S(=O)(=O)N[C@]2(C(Cl)Cl)[NH+]=C(c3ccccc3)[NH+]=C2N)cc1. The molecule has 9 heteroatoms. The van der Waals surface area contributed by atoms with Crippen LogP contribution in [0.3, 0.4) is 0 Å². The second-order valence-corrected chi connectivity index (χ2v) is 8.71. The second kappa shape index (κ2) is 7.00. The Bertz CT molecular complexity index is 974. The number of nitrogens with two attached hydrogens (primary N) is 1. The predicted octanol–water partition coefficient (Wildman–Crippen LogP) is -1.25. The van der Waals surface area contributed by atoms with Gasteiger partial charge in [0.15, 0.2) is 4.84 Å². The van der Waals surface area contributed by atoms with Crippen LogP contribution in [0.4, 0.5) is 0 Å². The van der Waals surface area contributed by atoms with Gasteiger partial charge < -0.3 is 5.73 Å². The van der Waals surface area contributed by atoms with E-state index in [2.05, 4.69) is 14.7 Å². The van der Waals surface area contributed by atoms with Crippen LogP contribution >= 0.6 is 23.2 Å². The molecule has 0 saturated heterocycles. The van der Waals surface area contributed by atoms with Crippen molar-refractivity contribution in [1.82, 2.24) is 4.72 Å². The number of benzene rings is 2. The van der Waals surface area contributed by atoms with Crippen molar-refractivity contribution in [3.05, 3.63) is 65.7 Å².